The molecule has 0 amide bonds. The standard InChI is InChI=1S/C16H18N2/c1-3-8-14(9-4-1)16-17-12-7-13-18(16)15-10-5-2-6-11-15/h1-6,8-11,16-17H,7,12-13H2. The molecule has 0 saturated carbocycles. The highest BCUT2D eigenvalue weighted by Crippen LogP contribution is 2.27. The summed E-state index contributed by atoms with van der Waals surface area (Å²) in [6.07, 6.45) is 1.49. The molecule has 0 aromatic heterocycles. The van der Waals surface area contributed by atoms with Gasteiger partial charge in [-0.3, -0.25) is 5.32 Å². The molecular weight excluding hydrogens is 220 g/mol. The zero-order valence-electron chi connectivity index (χ0n) is 10.4. The Labute approximate surface area is 108 Å². The van der Waals surface area contributed by atoms with Crippen LogP contribution in [0.2, 0.25) is 0 Å². The molecule has 1 saturated heterocycles. The second kappa shape index (κ2) is 5.23. The van der Waals surface area contributed by atoms with E-state index in [2.05, 4.69) is 70.9 Å². The molecule has 0 radical (unpaired) electrons. The van der Waals surface area contributed by atoms with Gasteiger partial charge in [0.15, 0.2) is 0 Å². The van der Waals surface area contributed by atoms with Crippen LogP contribution in [0.15, 0.2) is 60.7 Å². The summed E-state index contributed by atoms with van der Waals surface area (Å²) in [6, 6.07) is 21.3. The monoisotopic (exact) mass is 238 g/mol. The molecule has 2 aromatic carbocycles. The number of benzene rings is 2. The van der Waals surface area contributed by atoms with Crippen LogP contribution in [0.1, 0.15) is 18.2 Å². The molecule has 3 rings (SSSR count). The minimum atomic E-state index is 0.294. The summed E-state index contributed by atoms with van der Waals surface area (Å²) in [7, 11) is 0. The maximum atomic E-state index is 3.61. The number of rotatable bonds is 2. The molecule has 1 atom stereocenters. The normalized spacial score (nSPS) is 19.8. The van der Waals surface area contributed by atoms with E-state index in [-0.39, 0.29) is 0 Å². The fourth-order valence-corrected chi connectivity index (χ4v) is 2.56. The van der Waals surface area contributed by atoms with E-state index < -0.39 is 0 Å². The quantitative estimate of drug-likeness (QED) is 0.864. The predicted molar refractivity (Wildman–Crippen MR) is 75.6 cm³/mol. The Bertz CT molecular complexity index is 433. The van der Waals surface area contributed by atoms with Gasteiger partial charge >= 0.3 is 0 Å². The van der Waals surface area contributed by atoms with Crippen LogP contribution in [0.3, 0.4) is 0 Å². The summed E-state index contributed by atoms with van der Waals surface area (Å²) in [6.45, 7) is 2.19. The molecule has 1 aliphatic rings. The van der Waals surface area contributed by atoms with Crippen LogP contribution in [0.25, 0.3) is 0 Å². The Morgan fingerprint density at radius 3 is 2.28 bits per heavy atom. The van der Waals surface area contributed by atoms with Gasteiger partial charge < -0.3 is 4.90 Å². The van der Waals surface area contributed by atoms with Crippen molar-refractivity contribution >= 4 is 5.69 Å². The number of anilines is 1. The van der Waals surface area contributed by atoms with Crippen LogP contribution in [-0.4, -0.2) is 13.1 Å². The van der Waals surface area contributed by atoms with E-state index in [0.717, 1.165) is 13.1 Å². The zero-order chi connectivity index (χ0) is 12.2. The average Bonchev–Trinajstić information content (AvgIpc) is 2.49. The van der Waals surface area contributed by atoms with Gasteiger partial charge in [-0.25, -0.2) is 0 Å². The average molecular weight is 238 g/mol. The summed E-state index contributed by atoms with van der Waals surface area (Å²) in [5.41, 5.74) is 2.62. The first-order chi connectivity index (χ1) is 8.95. The van der Waals surface area contributed by atoms with E-state index >= 15 is 0 Å². The number of nitrogens with one attached hydrogen (secondary N) is 1. The molecule has 1 N–H and O–H groups in total. The first-order valence-electron chi connectivity index (χ1n) is 6.55. The second-order valence-corrected chi connectivity index (χ2v) is 4.65. The van der Waals surface area contributed by atoms with E-state index in [1.54, 1.807) is 0 Å². The van der Waals surface area contributed by atoms with Gasteiger partial charge in [-0.1, -0.05) is 48.5 Å². The van der Waals surface area contributed by atoms with Gasteiger partial charge in [0.25, 0.3) is 0 Å². The summed E-state index contributed by atoms with van der Waals surface area (Å²) in [4.78, 5) is 2.44. The van der Waals surface area contributed by atoms with Gasteiger partial charge in [0, 0.05) is 12.2 Å². The highest BCUT2D eigenvalue weighted by atomic mass is 15.3. The fraction of sp³-hybridized carbons (Fsp3) is 0.250. The lowest BCUT2D eigenvalue weighted by Gasteiger charge is -2.38. The van der Waals surface area contributed by atoms with Gasteiger partial charge in [0.05, 0.1) is 0 Å². The molecule has 1 heterocycles. The van der Waals surface area contributed by atoms with Crippen LogP contribution in [0, 0.1) is 0 Å². The summed E-state index contributed by atoms with van der Waals surface area (Å²) in [5, 5.41) is 3.61. The molecule has 2 nitrogen and oxygen atoms in total. The predicted octanol–water partition coefficient (Wildman–Crippen LogP) is 3.19. The molecule has 1 unspecified atom stereocenters. The minimum absolute atomic E-state index is 0.294. The molecule has 2 aromatic rings. The van der Waals surface area contributed by atoms with Crippen LogP contribution < -0.4 is 10.2 Å². The molecule has 2 heteroatoms. The third-order valence-corrected chi connectivity index (χ3v) is 3.43. The lowest BCUT2D eigenvalue weighted by molar-refractivity contribution is 0.438. The van der Waals surface area contributed by atoms with Crippen LogP contribution in [-0.2, 0) is 0 Å². The Morgan fingerprint density at radius 2 is 1.56 bits per heavy atom. The number of hydrogen-bond donors (Lipinski definition) is 1. The molecule has 0 spiro atoms. The first-order valence-corrected chi connectivity index (χ1v) is 6.55. The molecule has 1 aliphatic heterocycles. The lowest BCUT2D eigenvalue weighted by Crippen LogP contribution is -2.45. The van der Waals surface area contributed by atoms with E-state index in [9.17, 15) is 0 Å². The van der Waals surface area contributed by atoms with Crippen molar-refractivity contribution < 1.29 is 0 Å². The van der Waals surface area contributed by atoms with Crippen molar-refractivity contribution in [3.05, 3.63) is 66.2 Å². The van der Waals surface area contributed by atoms with E-state index in [4.69, 9.17) is 0 Å². The number of para-hydroxylation sites is 1. The third-order valence-electron chi connectivity index (χ3n) is 3.43. The fourth-order valence-electron chi connectivity index (χ4n) is 2.56. The maximum absolute atomic E-state index is 3.61. The molecule has 18 heavy (non-hydrogen) atoms. The lowest BCUT2D eigenvalue weighted by atomic mass is 10.1. The molecule has 92 valence electrons. The van der Waals surface area contributed by atoms with Crippen molar-refractivity contribution in [2.75, 3.05) is 18.0 Å². The third kappa shape index (κ3) is 2.24. The molecule has 0 aliphatic carbocycles. The van der Waals surface area contributed by atoms with Gasteiger partial charge in [0.1, 0.15) is 6.17 Å². The SMILES string of the molecule is c1ccc(C2NCCCN2c2ccccc2)cc1. The number of hydrogen-bond acceptors (Lipinski definition) is 2. The molecular formula is C16H18N2. The van der Waals surface area contributed by atoms with Crippen LogP contribution >= 0.6 is 0 Å². The van der Waals surface area contributed by atoms with Crippen molar-refractivity contribution in [2.24, 2.45) is 0 Å². The zero-order valence-corrected chi connectivity index (χ0v) is 10.4. The topological polar surface area (TPSA) is 15.3 Å². The summed E-state index contributed by atoms with van der Waals surface area (Å²) < 4.78 is 0. The largest absolute Gasteiger partial charge is 0.352 e. The van der Waals surface area contributed by atoms with Crippen LogP contribution in [0.5, 0.6) is 0 Å². The Morgan fingerprint density at radius 1 is 0.889 bits per heavy atom. The highest BCUT2D eigenvalue weighted by molar-refractivity contribution is 5.49. The van der Waals surface area contributed by atoms with E-state index in [1.165, 1.54) is 17.7 Å². The Kier molecular flexibility index (Phi) is 3.29. The van der Waals surface area contributed by atoms with E-state index in [0.29, 0.717) is 6.17 Å². The minimum Gasteiger partial charge on any atom is -0.352 e. The van der Waals surface area contributed by atoms with Gasteiger partial charge in [-0.05, 0) is 30.7 Å². The maximum Gasteiger partial charge on any atom is 0.106 e. The van der Waals surface area contributed by atoms with E-state index in [1.807, 2.05) is 0 Å². The summed E-state index contributed by atoms with van der Waals surface area (Å²) >= 11 is 0. The van der Waals surface area contributed by atoms with Gasteiger partial charge in [-0.15, -0.1) is 0 Å². The van der Waals surface area contributed by atoms with Crippen molar-refractivity contribution in [2.45, 2.75) is 12.6 Å². The van der Waals surface area contributed by atoms with Crippen molar-refractivity contribution in [3.63, 3.8) is 0 Å². The highest BCUT2D eigenvalue weighted by Gasteiger charge is 2.23. The smallest absolute Gasteiger partial charge is 0.106 e. The number of nitrogens with zero attached hydrogens (tertiary/aromatic N) is 1. The van der Waals surface area contributed by atoms with Crippen molar-refractivity contribution in [1.29, 1.82) is 0 Å². The molecule has 0 bridgehead atoms. The van der Waals surface area contributed by atoms with Gasteiger partial charge in [0.2, 0.25) is 0 Å². The van der Waals surface area contributed by atoms with Crippen LogP contribution in [0.4, 0.5) is 5.69 Å². The second-order valence-electron chi connectivity index (χ2n) is 4.65. The Balaban J connectivity index is 1.92. The summed E-state index contributed by atoms with van der Waals surface area (Å²) in [5.74, 6) is 0. The first kappa shape index (κ1) is 11.3. The van der Waals surface area contributed by atoms with Crippen molar-refractivity contribution in [1.82, 2.24) is 5.32 Å². The molecule has 1 fully saturated rings. The Hall–Kier alpha value is -1.80. The van der Waals surface area contributed by atoms with Crippen molar-refractivity contribution in [3.8, 4) is 0 Å². The van der Waals surface area contributed by atoms with Gasteiger partial charge in [-0.2, -0.15) is 0 Å².